The number of nitrogens with zero attached hydrogens (tertiary/aromatic N) is 1. The van der Waals surface area contributed by atoms with E-state index in [0.717, 1.165) is 45.2 Å². The van der Waals surface area contributed by atoms with Gasteiger partial charge in [0, 0.05) is 31.3 Å². The Morgan fingerprint density at radius 1 is 1.26 bits per heavy atom. The number of carbonyl (C=O) groups is 2. The van der Waals surface area contributed by atoms with Crippen molar-refractivity contribution in [2.75, 3.05) is 13.1 Å². The third kappa shape index (κ3) is 2.74. The van der Waals surface area contributed by atoms with E-state index in [-0.39, 0.29) is 17.7 Å². The van der Waals surface area contributed by atoms with Crippen LogP contribution >= 0.6 is 0 Å². The summed E-state index contributed by atoms with van der Waals surface area (Å²) in [6.07, 6.45) is 6.01. The molecule has 3 saturated carbocycles. The normalized spacial score (nSPS) is 37.5. The number of hydrogen-bond acceptors (Lipinski definition) is 3. The maximum Gasteiger partial charge on any atom is 0.258 e. The van der Waals surface area contributed by atoms with E-state index in [1.165, 1.54) is 6.42 Å². The molecule has 144 valence electrons. The van der Waals surface area contributed by atoms with Gasteiger partial charge in [-0.3, -0.25) is 9.59 Å². The van der Waals surface area contributed by atoms with Gasteiger partial charge in [0.15, 0.2) is 5.72 Å². The van der Waals surface area contributed by atoms with Crippen molar-refractivity contribution in [1.82, 2.24) is 10.2 Å². The van der Waals surface area contributed by atoms with Crippen LogP contribution in [-0.4, -0.2) is 35.5 Å². The minimum absolute atomic E-state index is 0.0443. The van der Waals surface area contributed by atoms with Crippen molar-refractivity contribution in [2.24, 2.45) is 23.7 Å². The van der Waals surface area contributed by atoms with Gasteiger partial charge >= 0.3 is 0 Å². The summed E-state index contributed by atoms with van der Waals surface area (Å²) in [5.74, 6) is 2.18. The fourth-order valence-electron chi connectivity index (χ4n) is 5.89. The average molecular weight is 368 g/mol. The van der Waals surface area contributed by atoms with Gasteiger partial charge in [0.25, 0.3) is 5.91 Å². The molecule has 2 heterocycles. The molecule has 5 atom stereocenters. The Morgan fingerprint density at radius 2 is 2.11 bits per heavy atom. The second-order valence-electron chi connectivity index (χ2n) is 9.05. The first-order valence-electron chi connectivity index (χ1n) is 10.4. The molecular formula is C22H28N2O3. The molecule has 2 aliphatic heterocycles. The van der Waals surface area contributed by atoms with Gasteiger partial charge in [-0.1, -0.05) is 19.1 Å². The van der Waals surface area contributed by atoms with E-state index in [2.05, 4.69) is 17.1 Å². The summed E-state index contributed by atoms with van der Waals surface area (Å²) in [4.78, 5) is 28.0. The van der Waals surface area contributed by atoms with Crippen LogP contribution in [0.2, 0.25) is 0 Å². The van der Waals surface area contributed by atoms with Crippen molar-refractivity contribution >= 4 is 11.8 Å². The van der Waals surface area contributed by atoms with E-state index in [1.54, 1.807) is 0 Å². The fourth-order valence-corrected chi connectivity index (χ4v) is 5.89. The Bertz CT molecular complexity index is 779. The zero-order valence-electron chi connectivity index (χ0n) is 15.9. The quantitative estimate of drug-likeness (QED) is 0.828. The fraction of sp³-hybridized carbons (Fsp3) is 0.636. The molecule has 0 radical (unpaired) electrons. The molecule has 5 nitrogen and oxygen atoms in total. The van der Waals surface area contributed by atoms with Gasteiger partial charge in [0.2, 0.25) is 5.91 Å². The standard InChI is InChI=1S/C22H28N2O3/c1-14-5-4-10-24(13-14)21(26)18-11-16-9-8-15(18)12-22(16)23-20(25)17-6-2-3-7-19(17)27-22/h2-3,6-7,14-16,18H,4-5,8-13H2,1H3,(H,23,25)/t14-,15+,16-,18-,22-/m0/s1. The Morgan fingerprint density at radius 3 is 2.89 bits per heavy atom. The van der Waals surface area contributed by atoms with Crippen LogP contribution < -0.4 is 10.1 Å². The summed E-state index contributed by atoms with van der Waals surface area (Å²) in [5, 5.41) is 3.18. The van der Waals surface area contributed by atoms with Gasteiger partial charge in [-0.15, -0.1) is 0 Å². The van der Waals surface area contributed by atoms with Crippen molar-refractivity contribution in [3.63, 3.8) is 0 Å². The minimum atomic E-state index is -0.625. The number of fused-ring (bicyclic) bond motifs is 3. The largest absolute Gasteiger partial charge is 0.467 e. The molecular weight excluding hydrogens is 340 g/mol. The van der Waals surface area contributed by atoms with E-state index >= 15 is 0 Å². The molecule has 2 amide bonds. The Labute approximate surface area is 160 Å². The summed E-state index contributed by atoms with van der Waals surface area (Å²) in [6, 6.07) is 7.47. The highest BCUT2D eigenvalue weighted by Crippen LogP contribution is 2.52. The molecule has 5 heteroatoms. The van der Waals surface area contributed by atoms with Gasteiger partial charge < -0.3 is 15.0 Å². The minimum Gasteiger partial charge on any atom is -0.467 e. The van der Waals surface area contributed by atoms with Crippen molar-refractivity contribution < 1.29 is 14.3 Å². The topological polar surface area (TPSA) is 58.6 Å². The molecule has 4 fully saturated rings. The number of nitrogens with one attached hydrogen (secondary N) is 1. The van der Waals surface area contributed by atoms with Gasteiger partial charge in [0.05, 0.1) is 5.56 Å². The van der Waals surface area contributed by atoms with Crippen LogP contribution in [0.4, 0.5) is 0 Å². The summed E-state index contributed by atoms with van der Waals surface area (Å²) < 4.78 is 6.40. The lowest BCUT2D eigenvalue weighted by atomic mass is 9.59. The number of benzene rings is 1. The first-order chi connectivity index (χ1) is 13.1. The van der Waals surface area contributed by atoms with Crippen LogP contribution in [0.5, 0.6) is 5.75 Å². The summed E-state index contributed by atoms with van der Waals surface area (Å²) >= 11 is 0. The summed E-state index contributed by atoms with van der Waals surface area (Å²) in [6.45, 7) is 4.05. The van der Waals surface area contributed by atoms with E-state index < -0.39 is 5.72 Å². The summed E-state index contributed by atoms with van der Waals surface area (Å²) in [7, 11) is 0. The zero-order chi connectivity index (χ0) is 18.6. The number of carbonyl (C=O) groups excluding carboxylic acids is 2. The molecule has 27 heavy (non-hydrogen) atoms. The zero-order valence-corrected chi connectivity index (χ0v) is 15.9. The molecule has 1 aromatic carbocycles. The molecule has 0 unspecified atom stereocenters. The van der Waals surface area contributed by atoms with E-state index in [1.807, 2.05) is 24.3 Å². The van der Waals surface area contributed by atoms with Crippen molar-refractivity contribution in [2.45, 2.75) is 51.2 Å². The molecule has 1 N–H and O–H groups in total. The Balaban J connectivity index is 1.36. The molecule has 1 spiro atoms. The van der Waals surface area contributed by atoms with Gasteiger partial charge in [0.1, 0.15) is 5.75 Å². The number of para-hydroxylation sites is 1. The molecule has 1 aromatic rings. The third-order valence-corrected chi connectivity index (χ3v) is 7.25. The van der Waals surface area contributed by atoms with Crippen LogP contribution in [0.15, 0.2) is 24.3 Å². The van der Waals surface area contributed by atoms with E-state index in [9.17, 15) is 9.59 Å². The van der Waals surface area contributed by atoms with E-state index in [4.69, 9.17) is 4.74 Å². The lowest BCUT2D eigenvalue weighted by molar-refractivity contribution is -0.156. The smallest absolute Gasteiger partial charge is 0.258 e. The predicted octanol–water partition coefficient (Wildman–Crippen LogP) is 3.20. The van der Waals surface area contributed by atoms with Crippen molar-refractivity contribution in [3.05, 3.63) is 29.8 Å². The average Bonchev–Trinajstić information content (AvgIpc) is 2.68. The highest BCUT2D eigenvalue weighted by molar-refractivity contribution is 5.98. The van der Waals surface area contributed by atoms with E-state index in [0.29, 0.717) is 29.1 Å². The lowest BCUT2D eigenvalue weighted by Gasteiger charge is -2.55. The predicted molar refractivity (Wildman–Crippen MR) is 101 cm³/mol. The maximum absolute atomic E-state index is 13.2. The van der Waals surface area contributed by atoms with Crippen LogP contribution in [0.1, 0.15) is 55.8 Å². The van der Waals surface area contributed by atoms with Gasteiger partial charge in [-0.2, -0.15) is 0 Å². The molecule has 0 aromatic heterocycles. The monoisotopic (exact) mass is 368 g/mol. The highest BCUT2D eigenvalue weighted by atomic mass is 16.5. The summed E-state index contributed by atoms with van der Waals surface area (Å²) in [5.41, 5.74) is -0.0140. The molecule has 5 aliphatic rings. The first kappa shape index (κ1) is 17.1. The lowest BCUT2D eigenvalue weighted by Crippen LogP contribution is -2.67. The van der Waals surface area contributed by atoms with Crippen LogP contribution in [0.3, 0.4) is 0 Å². The SMILES string of the molecule is C[C@H]1CCCN(C(=O)[C@H]2C[C@@H]3CC[C@@H]2C[C@@]32NC(=O)c3ccccc3O2)C1. The van der Waals surface area contributed by atoms with Crippen molar-refractivity contribution in [3.8, 4) is 5.75 Å². The second-order valence-corrected chi connectivity index (χ2v) is 9.05. The van der Waals surface area contributed by atoms with Crippen LogP contribution in [0, 0.1) is 23.7 Å². The number of amides is 2. The maximum atomic E-state index is 13.2. The molecule has 3 aliphatic carbocycles. The number of ether oxygens (including phenoxy) is 1. The number of hydrogen-bond donors (Lipinski definition) is 1. The van der Waals surface area contributed by atoms with Crippen LogP contribution in [0.25, 0.3) is 0 Å². The van der Waals surface area contributed by atoms with Gasteiger partial charge in [-0.05, 0) is 56.1 Å². The van der Waals surface area contributed by atoms with Crippen molar-refractivity contribution in [1.29, 1.82) is 0 Å². The molecule has 6 rings (SSSR count). The number of rotatable bonds is 1. The second kappa shape index (κ2) is 6.25. The highest BCUT2D eigenvalue weighted by Gasteiger charge is 2.57. The first-order valence-corrected chi connectivity index (χ1v) is 10.4. The molecule has 2 bridgehead atoms. The molecule has 1 saturated heterocycles. The van der Waals surface area contributed by atoms with Crippen LogP contribution in [-0.2, 0) is 4.79 Å². The van der Waals surface area contributed by atoms with Gasteiger partial charge in [-0.25, -0.2) is 0 Å². The third-order valence-electron chi connectivity index (χ3n) is 7.25. The Hall–Kier alpha value is -2.04. The number of piperidine rings is 1. The Kier molecular flexibility index (Phi) is 3.95. The number of likely N-dealkylation sites (tertiary alicyclic amines) is 1.